The second-order valence-electron chi connectivity index (χ2n) is 11.6. The van der Waals surface area contributed by atoms with Crippen molar-refractivity contribution in [3.8, 4) is 11.1 Å². The maximum atomic E-state index is 12.8. The maximum absolute atomic E-state index is 12.8. The number of likely N-dealkylation sites (tertiary alicyclic amines) is 1. The van der Waals surface area contributed by atoms with E-state index >= 15 is 0 Å². The first-order chi connectivity index (χ1) is 20.3. The number of nitrogens with one attached hydrogen (secondary N) is 2. The fraction of sp³-hybridized carbons (Fsp3) is 0.382. The molecule has 0 aromatic heterocycles. The number of carbonyl (C=O) groups excluding carboxylic acids is 2. The number of alkyl carbamates (subject to hydrolysis) is 1. The van der Waals surface area contributed by atoms with Crippen LogP contribution in [-0.4, -0.2) is 59.8 Å². The molecule has 42 heavy (non-hydrogen) atoms. The van der Waals surface area contributed by atoms with Gasteiger partial charge in [0, 0.05) is 38.5 Å². The lowest BCUT2D eigenvalue weighted by molar-refractivity contribution is -0.147. The van der Waals surface area contributed by atoms with Gasteiger partial charge in [0.2, 0.25) is 5.91 Å². The molecule has 5 rings (SSSR count). The Morgan fingerprint density at radius 1 is 0.952 bits per heavy atom. The Labute approximate surface area is 247 Å². The summed E-state index contributed by atoms with van der Waals surface area (Å²) >= 11 is 0. The van der Waals surface area contributed by atoms with Crippen LogP contribution in [0.3, 0.4) is 0 Å². The molecule has 2 atom stereocenters. The van der Waals surface area contributed by atoms with E-state index in [2.05, 4.69) is 39.8 Å². The van der Waals surface area contributed by atoms with Gasteiger partial charge in [0.15, 0.2) is 5.54 Å². The molecule has 2 aliphatic rings. The van der Waals surface area contributed by atoms with E-state index in [1.54, 1.807) is 0 Å². The van der Waals surface area contributed by atoms with Gasteiger partial charge in [-0.25, -0.2) is 9.59 Å². The van der Waals surface area contributed by atoms with E-state index in [0.717, 1.165) is 5.56 Å². The number of carboxylic acids is 1. The molecular formula is C34H39N3O5. The number of carboxylic acid groups (broad SMARTS) is 1. The van der Waals surface area contributed by atoms with E-state index in [-0.39, 0.29) is 37.3 Å². The highest BCUT2D eigenvalue weighted by molar-refractivity contribution is 5.87. The summed E-state index contributed by atoms with van der Waals surface area (Å²) in [5.74, 6) is -1.06. The molecule has 1 aliphatic heterocycles. The Bertz CT molecular complexity index is 1370. The van der Waals surface area contributed by atoms with Crippen molar-refractivity contribution in [3.05, 3.63) is 95.6 Å². The number of hydrogen-bond acceptors (Lipinski definition) is 5. The summed E-state index contributed by atoms with van der Waals surface area (Å²) < 4.78 is 5.60. The summed E-state index contributed by atoms with van der Waals surface area (Å²) in [4.78, 5) is 39.4. The predicted octanol–water partition coefficient (Wildman–Crippen LogP) is 5.18. The largest absolute Gasteiger partial charge is 0.479 e. The summed E-state index contributed by atoms with van der Waals surface area (Å²) in [7, 11) is 0. The average molecular weight is 570 g/mol. The van der Waals surface area contributed by atoms with Crippen LogP contribution in [0.5, 0.6) is 0 Å². The van der Waals surface area contributed by atoms with Gasteiger partial charge >= 0.3 is 12.1 Å². The van der Waals surface area contributed by atoms with Crippen molar-refractivity contribution in [2.45, 2.75) is 50.6 Å². The van der Waals surface area contributed by atoms with Crippen LogP contribution < -0.4 is 10.6 Å². The molecule has 2 amide bonds. The first kappa shape index (κ1) is 29.3. The van der Waals surface area contributed by atoms with Crippen LogP contribution in [0, 0.1) is 5.92 Å². The number of amides is 2. The van der Waals surface area contributed by atoms with Gasteiger partial charge in [0.1, 0.15) is 6.61 Å². The second kappa shape index (κ2) is 13.2. The molecular weight excluding hydrogens is 530 g/mol. The molecule has 3 N–H and O–H groups in total. The van der Waals surface area contributed by atoms with Crippen molar-refractivity contribution >= 4 is 18.0 Å². The van der Waals surface area contributed by atoms with E-state index in [9.17, 15) is 19.5 Å². The Kier molecular flexibility index (Phi) is 9.22. The Balaban J connectivity index is 1.02. The molecule has 8 nitrogen and oxygen atoms in total. The molecule has 1 heterocycles. The quantitative estimate of drug-likeness (QED) is 0.278. The van der Waals surface area contributed by atoms with Gasteiger partial charge in [0.25, 0.3) is 0 Å². The second-order valence-corrected chi connectivity index (χ2v) is 11.6. The molecule has 0 spiro atoms. The van der Waals surface area contributed by atoms with E-state index in [1.807, 2.05) is 61.5 Å². The number of benzene rings is 3. The zero-order chi connectivity index (χ0) is 29.5. The van der Waals surface area contributed by atoms with E-state index < -0.39 is 17.6 Å². The topological polar surface area (TPSA) is 108 Å². The predicted molar refractivity (Wildman–Crippen MR) is 161 cm³/mol. The molecule has 0 radical (unpaired) electrons. The van der Waals surface area contributed by atoms with Gasteiger partial charge in [-0.3, -0.25) is 9.69 Å². The number of nitrogens with zero attached hydrogens (tertiary/aromatic N) is 1. The van der Waals surface area contributed by atoms with Crippen LogP contribution in [0.1, 0.15) is 55.2 Å². The summed E-state index contributed by atoms with van der Waals surface area (Å²) in [5.41, 5.74) is 4.57. The van der Waals surface area contributed by atoms with E-state index in [0.29, 0.717) is 38.9 Å². The van der Waals surface area contributed by atoms with Crippen LogP contribution in [0.2, 0.25) is 0 Å². The van der Waals surface area contributed by atoms with Crippen molar-refractivity contribution < 1.29 is 24.2 Å². The van der Waals surface area contributed by atoms with E-state index in [1.165, 1.54) is 22.3 Å². The molecule has 2 unspecified atom stereocenters. The Hall–Kier alpha value is -4.17. The number of fused-ring (bicyclic) bond motifs is 3. The molecule has 1 saturated heterocycles. The third kappa shape index (κ3) is 6.82. The normalized spacial score (nSPS) is 18.6. The summed E-state index contributed by atoms with van der Waals surface area (Å²) in [6.45, 7) is 4.27. The third-order valence-electron chi connectivity index (χ3n) is 8.50. The fourth-order valence-electron chi connectivity index (χ4n) is 6.12. The standard InChI is InChI=1S/C34H39N3O5/c1-24(15-16-31(38)36-34(32(39)40)18-20-37(23-34)21-25-9-3-2-4-10-25)17-19-35-33(41)42-22-30-28-13-7-5-11-26(28)27-12-6-8-14-29(27)30/h2-14,24,30H,15-23H2,1H3,(H,35,41)(H,36,38)(H,39,40). The number of carbonyl (C=O) groups is 3. The number of aliphatic carboxylic acids is 1. The first-order valence-electron chi connectivity index (χ1n) is 14.7. The van der Waals surface area contributed by atoms with Crippen LogP contribution in [-0.2, 0) is 20.9 Å². The van der Waals surface area contributed by atoms with Gasteiger partial charge in [-0.15, -0.1) is 0 Å². The Morgan fingerprint density at radius 2 is 1.60 bits per heavy atom. The van der Waals surface area contributed by atoms with Gasteiger partial charge in [-0.2, -0.15) is 0 Å². The average Bonchev–Trinajstić information content (AvgIpc) is 3.55. The molecule has 3 aromatic rings. The van der Waals surface area contributed by atoms with Crippen molar-refractivity contribution in [2.24, 2.45) is 5.92 Å². The zero-order valence-corrected chi connectivity index (χ0v) is 24.1. The summed E-state index contributed by atoms with van der Waals surface area (Å²) in [6.07, 6.45) is 1.44. The summed E-state index contributed by atoms with van der Waals surface area (Å²) in [6, 6.07) is 26.4. The molecule has 0 saturated carbocycles. The lowest BCUT2D eigenvalue weighted by Crippen LogP contribution is -2.56. The van der Waals surface area contributed by atoms with Crippen LogP contribution in [0.25, 0.3) is 11.1 Å². The first-order valence-corrected chi connectivity index (χ1v) is 14.7. The van der Waals surface area contributed by atoms with E-state index in [4.69, 9.17) is 4.74 Å². The lowest BCUT2D eigenvalue weighted by atomic mass is 9.97. The van der Waals surface area contributed by atoms with Crippen molar-refractivity contribution in [2.75, 3.05) is 26.2 Å². The maximum Gasteiger partial charge on any atom is 0.407 e. The molecule has 0 bridgehead atoms. The molecule has 220 valence electrons. The smallest absolute Gasteiger partial charge is 0.407 e. The Morgan fingerprint density at radius 3 is 2.26 bits per heavy atom. The van der Waals surface area contributed by atoms with Crippen molar-refractivity contribution in [1.82, 2.24) is 15.5 Å². The highest BCUT2D eigenvalue weighted by Crippen LogP contribution is 2.44. The van der Waals surface area contributed by atoms with Crippen LogP contribution in [0.4, 0.5) is 4.79 Å². The minimum atomic E-state index is -1.26. The highest BCUT2D eigenvalue weighted by Gasteiger charge is 2.46. The molecule has 8 heteroatoms. The lowest BCUT2D eigenvalue weighted by Gasteiger charge is -2.26. The zero-order valence-electron chi connectivity index (χ0n) is 24.1. The number of hydrogen-bond donors (Lipinski definition) is 3. The molecule has 1 aliphatic carbocycles. The SMILES string of the molecule is CC(CCNC(=O)OCC1c2ccccc2-c2ccccc21)CCC(=O)NC1(C(=O)O)CCN(Cc2ccccc2)C1. The number of rotatable bonds is 12. The number of ether oxygens (including phenoxy) is 1. The van der Waals surface area contributed by atoms with Gasteiger partial charge < -0.3 is 20.5 Å². The molecule has 3 aromatic carbocycles. The van der Waals surface area contributed by atoms with Crippen LogP contribution >= 0.6 is 0 Å². The highest BCUT2D eigenvalue weighted by atomic mass is 16.5. The molecule has 1 fully saturated rings. The minimum Gasteiger partial charge on any atom is -0.479 e. The summed E-state index contributed by atoms with van der Waals surface area (Å²) in [5, 5.41) is 15.6. The fourth-order valence-corrected chi connectivity index (χ4v) is 6.12. The minimum absolute atomic E-state index is 0.0139. The monoisotopic (exact) mass is 569 g/mol. The van der Waals surface area contributed by atoms with Gasteiger partial charge in [-0.05, 0) is 53.0 Å². The van der Waals surface area contributed by atoms with Crippen molar-refractivity contribution in [1.29, 1.82) is 0 Å². The van der Waals surface area contributed by atoms with Gasteiger partial charge in [0.05, 0.1) is 0 Å². The van der Waals surface area contributed by atoms with Gasteiger partial charge in [-0.1, -0.05) is 85.8 Å². The van der Waals surface area contributed by atoms with Crippen molar-refractivity contribution in [3.63, 3.8) is 0 Å². The third-order valence-corrected chi connectivity index (χ3v) is 8.50. The van der Waals surface area contributed by atoms with Crippen LogP contribution in [0.15, 0.2) is 78.9 Å².